The molecule has 0 amide bonds. The summed E-state index contributed by atoms with van der Waals surface area (Å²) in [6.45, 7) is 7.64. The molecule has 1 spiro atoms. The van der Waals surface area contributed by atoms with Gasteiger partial charge in [0.05, 0.1) is 16.5 Å². The molecule has 0 saturated heterocycles. The molecule has 8 atom stereocenters. The Morgan fingerprint density at radius 3 is 2.17 bits per heavy atom. The van der Waals surface area contributed by atoms with Gasteiger partial charge in [-0.1, -0.05) is 69.3 Å². The summed E-state index contributed by atoms with van der Waals surface area (Å²) >= 11 is 0. The van der Waals surface area contributed by atoms with Crippen molar-refractivity contribution in [1.82, 2.24) is 0 Å². The van der Waals surface area contributed by atoms with Gasteiger partial charge in [-0.3, -0.25) is 4.79 Å². The second-order valence-electron chi connectivity index (χ2n) is 12.8. The van der Waals surface area contributed by atoms with Gasteiger partial charge in [0.1, 0.15) is 12.7 Å². The predicted octanol–water partition coefficient (Wildman–Crippen LogP) is 4.54. The van der Waals surface area contributed by atoms with Gasteiger partial charge in [-0.15, -0.1) is 0 Å². The standard InChI is InChI=1S/C34H36O7/c1-19-17-33-20(2)15-25-26(32(25,3)4)24(28(33)36)16-23(18-40-30(37)21-11-7-5-8-12-21)27(35)34(33,39)29(19)41-31(38)22-13-9-6-10-14-22/h5-14,16-17,20,24-27,29,35,39H,15,18H2,1-4H3/t20-,24-,25-,26-,27-,29+,33-,34+/m1/s1. The first-order valence-corrected chi connectivity index (χ1v) is 14.3. The zero-order chi connectivity index (χ0) is 29.3. The molecule has 2 fully saturated rings. The van der Waals surface area contributed by atoms with Crippen molar-refractivity contribution in [3.8, 4) is 0 Å². The molecule has 2 aromatic carbocycles. The van der Waals surface area contributed by atoms with Crippen LogP contribution in [0.1, 0.15) is 54.8 Å². The van der Waals surface area contributed by atoms with E-state index in [0.29, 0.717) is 23.1 Å². The number of allylic oxidation sites excluding steroid dienone is 1. The van der Waals surface area contributed by atoms with Crippen LogP contribution in [0.5, 0.6) is 0 Å². The highest BCUT2D eigenvalue weighted by Gasteiger charge is 2.76. The Morgan fingerprint density at radius 1 is 0.976 bits per heavy atom. The molecule has 4 aliphatic carbocycles. The number of hydrogen-bond donors (Lipinski definition) is 2. The van der Waals surface area contributed by atoms with E-state index < -0.39 is 41.1 Å². The van der Waals surface area contributed by atoms with E-state index in [9.17, 15) is 24.6 Å². The van der Waals surface area contributed by atoms with Crippen molar-refractivity contribution >= 4 is 17.7 Å². The Kier molecular flexibility index (Phi) is 6.40. The largest absolute Gasteiger partial charge is 0.457 e. The molecule has 2 N–H and O–H groups in total. The van der Waals surface area contributed by atoms with Crippen molar-refractivity contribution < 1.29 is 34.1 Å². The number of carbonyl (C=O) groups excluding carboxylic acids is 3. The number of fused-ring (bicyclic) bond motifs is 3. The van der Waals surface area contributed by atoms with E-state index in [1.165, 1.54) is 0 Å². The number of benzene rings is 2. The summed E-state index contributed by atoms with van der Waals surface area (Å²) in [6, 6.07) is 16.9. The highest BCUT2D eigenvalue weighted by molar-refractivity contribution is 5.96. The van der Waals surface area contributed by atoms with Gasteiger partial charge >= 0.3 is 11.9 Å². The van der Waals surface area contributed by atoms with E-state index in [0.717, 1.165) is 0 Å². The average molecular weight is 557 g/mol. The predicted molar refractivity (Wildman–Crippen MR) is 151 cm³/mol. The minimum absolute atomic E-state index is 0.0193. The first kappa shape index (κ1) is 27.6. The van der Waals surface area contributed by atoms with Crippen LogP contribution in [-0.2, 0) is 14.3 Å². The van der Waals surface area contributed by atoms with Crippen molar-refractivity contribution in [3.63, 3.8) is 0 Å². The van der Waals surface area contributed by atoms with Crippen molar-refractivity contribution in [2.24, 2.45) is 34.5 Å². The lowest BCUT2D eigenvalue weighted by atomic mass is 9.59. The highest BCUT2D eigenvalue weighted by Crippen LogP contribution is 2.71. The molecule has 2 aromatic rings. The maximum absolute atomic E-state index is 14.7. The Morgan fingerprint density at radius 2 is 1.56 bits per heavy atom. The maximum Gasteiger partial charge on any atom is 0.338 e. The second-order valence-corrected chi connectivity index (χ2v) is 12.8. The van der Waals surface area contributed by atoms with Gasteiger partial charge in [0.25, 0.3) is 0 Å². The molecule has 0 aliphatic heterocycles. The Balaban J connectivity index is 1.43. The fourth-order valence-electron chi connectivity index (χ4n) is 8.14. The van der Waals surface area contributed by atoms with Crippen LogP contribution < -0.4 is 0 Å². The number of rotatable bonds is 5. The summed E-state index contributed by atoms with van der Waals surface area (Å²) in [6.07, 6.45) is 1.22. The second kappa shape index (κ2) is 9.50. The molecular weight excluding hydrogens is 520 g/mol. The van der Waals surface area contributed by atoms with Crippen LogP contribution in [0.4, 0.5) is 0 Å². The molecular formula is C34H36O7. The van der Waals surface area contributed by atoms with E-state index in [1.807, 2.05) is 6.92 Å². The lowest BCUT2D eigenvalue weighted by Crippen LogP contribution is -2.65. The van der Waals surface area contributed by atoms with Crippen LogP contribution in [0.25, 0.3) is 0 Å². The fourth-order valence-corrected chi connectivity index (χ4v) is 8.14. The summed E-state index contributed by atoms with van der Waals surface area (Å²) in [7, 11) is 0. The van der Waals surface area contributed by atoms with Gasteiger partial charge in [0.15, 0.2) is 17.5 Å². The summed E-state index contributed by atoms with van der Waals surface area (Å²) < 4.78 is 11.6. The Bertz CT molecular complexity index is 1460. The summed E-state index contributed by atoms with van der Waals surface area (Å²) in [5, 5.41) is 24.8. The van der Waals surface area contributed by atoms with Gasteiger partial charge < -0.3 is 19.7 Å². The minimum atomic E-state index is -2.20. The smallest absolute Gasteiger partial charge is 0.338 e. The molecule has 2 saturated carbocycles. The van der Waals surface area contributed by atoms with E-state index >= 15 is 0 Å². The third-order valence-electron chi connectivity index (χ3n) is 10.3. The molecule has 41 heavy (non-hydrogen) atoms. The fraction of sp³-hybridized carbons (Fsp3) is 0.441. The van der Waals surface area contributed by atoms with Gasteiger partial charge in [-0.05, 0) is 71.9 Å². The Labute approximate surface area is 239 Å². The van der Waals surface area contributed by atoms with E-state index in [-0.39, 0.29) is 41.1 Å². The SMILES string of the molecule is CC1=C[C@@]23C(=O)[C@H](C=C(COC(=O)c4ccccc4)[C@@H](O)[C@]2(O)[C@H]1OC(=O)c1ccccc1)[C@@H]1[C@@H](C[C@H]3C)C1(C)C. The van der Waals surface area contributed by atoms with Crippen LogP contribution in [0, 0.1) is 34.5 Å². The van der Waals surface area contributed by atoms with Crippen molar-refractivity contribution in [2.75, 3.05) is 6.61 Å². The molecule has 0 radical (unpaired) electrons. The van der Waals surface area contributed by atoms with Crippen molar-refractivity contribution in [3.05, 3.63) is 95.1 Å². The molecule has 7 heteroatoms. The zero-order valence-corrected chi connectivity index (χ0v) is 23.7. The van der Waals surface area contributed by atoms with Crippen LogP contribution in [0.2, 0.25) is 0 Å². The van der Waals surface area contributed by atoms with Crippen LogP contribution in [0.3, 0.4) is 0 Å². The number of hydrogen-bond acceptors (Lipinski definition) is 7. The van der Waals surface area contributed by atoms with Gasteiger partial charge in [0, 0.05) is 5.92 Å². The highest BCUT2D eigenvalue weighted by atomic mass is 16.6. The molecule has 0 aromatic heterocycles. The number of ether oxygens (including phenoxy) is 2. The maximum atomic E-state index is 14.7. The van der Waals surface area contributed by atoms with Crippen LogP contribution in [0.15, 0.2) is 84.0 Å². The van der Waals surface area contributed by atoms with Gasteiger partial charge in [-0.25, -0.2) is 9.59 Å². The number of aliphatic hydroxyl groups excluding tert-OH is 1. The van der Waals surface area contributed by atoms with E-state index in [4.69, 9.17) is 9.47 Å². The lowest BCUT2D eigenvalue weighted by molar-refractivity contribution is -0.190. The summed E-state index contributed by atoms with van der Waals surface area (Å²) in [5.41, 5.74) is -2.40. The van der Waals surface area contributed by atoms with Crippen molar-refractivity contribution in [1.29, 1.82) is 0 Å². The number of ketones is 1. The molecule has 6 rings (SSSR count). The number of aliphatic hydroxyl groups is 2. The first-order chi connectivity index (χ1) is 19.4. The topological polar surface area (TPSA) is 110 Å². The zero-order valence-electron chi connectivity index (χ0n) is 23.7. The minimum Gasteiger partial charge on any atom is -0.457 e. The number of Topliss-reactive ketones (excluding diaryl/α,β-unsaturated/α-hetero) is 1. The van der Waals surface area contributed by atoms with Crippen molar-refractivity contribution in [2.45, 2.75) is 51.9 Å². The summed E-state index contributed by atoms with van der Waals surface area (Å²) in [4.78, 5) is 40.8. The molecule has 0 heterocycles. The van der Waals surface area contributed by atoms with Gasteiger partial charge in [0.2, 0.25) is 0 Å². The van der Waals surface area contributed by atoms with Gasteiger partial charge in [-0.2, -0.15) is 0 Å². The molecule has 7 nitrogen and oxygen atoms in total. The third-order valence-corrected chi connectivity index (χ3v) is 10.3. The lowest BCUT2D eigenvalue weighted by Gasteiger charge is -2.48. The summed E-state index contributed by atoms with van der Waals surface area (Å²) in [5.74, 6) is -2.11. The normalized spacial score (nSPS) is 36.5. The molecule has 0 unspecified atom stereocenters. The average Bonchev–Trinajstić information content (AvgIpc) is 3.46. The van der Waals surface area contributed by atoms with Crippen LogP contribution in [-0.4, -0.2) is 52.4 Å². The van der Waals surface area contributed by atoms with E-state index in [2.05, 4.69) is 13.8 Å². The van der Waals surface area contributed by atoms with E-state index in [1.54, 1.807) is 79.7 Å². The molecule has 214 valence electrons. The monoisotopic (exact) mass is 556 g/mol. The Hall–Kier alpha value is -3.55. The quantitative estimate of drug-likeness (QED) is 0.411. The third kappa shape index (κ3) is 3.89. The van der Waals surface area contributed by atoms with Crippen LogP contribution >= 0.6 is 0 Å². The number of carbonyl (C=O) groups is 3. The number of esters is 2. The molecule has 2 bridgehead atoms. The first-order valence-electron chi connectivity index (χ1n) is 14.3. The molecule has 4 aliphatic rings.